The van der Waals surface area contributed by atoms with Crippen molar-refractivity contribution < 1.29 is 0 Å². The van der Waals surface area contributed by atoms with Gasteiger partial charge >= 0.3 is 0 Å². The zero-order valence-electron chi connectivity index (χ0n) is 8.97. The summed E-state index contributed by atoms with van der Waals surface area (Å²) in [5.41, 5.74) is 0.431. The van der Waals surface area contributed by atoms with Gasteiger partial charge in [0.15, 0.2) is 0 Å². The normalized spacial score (nSPS) is 36.5. The van der Waals surface area contributed by atoms with Gasteiger partial charge in [-0.2, -0.15) is 0 Å². The molecule has 76 valence electrons. The van der Waals surface area contributed by atoms with E-state index in [1.807, 2.05) is 0 Å². The molecule has 2 rings (SSSR count). The summed E-state index contributed by atoms with van der Waals surface area (Å²) < 4.78 is 0. The van der Waals surface area contributed by atoms with E-state index in [0.29, 0.717) is 5.54 Å². The first-order chi connectivity index (χ1) is 6.24. The van der Waals surface area contributed by atoms with Crippen LogP contribution in [0.25, 0.3) is 0 Å². The molecule has 0 spiro atoms. The van der Waals surface area contributed by atoms with Crippen LogP contribution in [0.15, 0.2) is 0 Å². The largest absolute Gasteiger partial charge is 0.314 e. The molecule has 0 aromatic rings. The van der Waals surface area contributed by atoms with E-state index < -0.39 is 0 Å². The molecule has 1 aliphatic heterocycles. The van der Waals surface area contributed by atoms with Gasteiger partial charge in [-0.25, -0.2) is 0 Å². The molecule has 0 radical (unpaired) electrons. The molecule has 2 heteroatoms. The zero-order valence-corrected chi connectivity index (χ0v) is 8.97. The van der Waals surface area contributed by atoms with Crippen molar-refractivity contribution >= 4 is 0 Å². The van der Waals surface area contributed by atoms with Crippen LogP contribution in [0.1, 0.15) is 33.1 Å². The molecule has 1 saturated carbocycles. The highest BCUT2D eigenvalue weighted by atomic mass is 15.3. The van der Waals surface area contributed by atoms with Crippen molar-refractivity contribution in [2.24, 2.45) is 5.92 Å². The lowest BCUT2D eigenvalue weighted by Crippen LogP contribution is -2.59. The van der Waals surface area contributed by atoms with Crippen LogP contribution in [0.4, 0.5) is 0 Å². The summed E-state index contributed by atoms with van der Waals surface area (Å²) in [5, 5.41) is 3.51. The van der Waals surface area contributed by atoms with Crippen molar-refractivity contribution in [3.63, 3.8) is 0 Å². The fourth-order valence-electron chi connectivity index (χ4n) is 2.23. The van der Waals surface area contributed by atoms with E-state index in [1.165, 1.54) is 45.4 Å². The highest BCUT2D eigenvalue weighted by Crippen LogP contribution is 2.33. The number of hydrogen-bond donors (Lipinski definition) is 1. The van der Waals surface area contributed by atoms with Crippen molar-refractivity contribution in [1.82, 2.24) is 10.2 Å². The molecule has 0 bridgehead atoms. The van der Waals surface area contributed by atoms with Gasteiger partial charge in [-0.1, -0.05) is 6.92 Å². The third-order valence-corrected chi connectivity index (χ3v) is 3.76. The van der Waals surface area contributed by atoms with E-state index in [2.05, 4.69) is 24.1 Å². The van der Waals surface area contributed by atoms with Crippen molar-refractivity contribution in [1.29, 1.82) is 0 Å². The standard InChI is InChI=1S/C11H22N2/c1-3-11(2)9-12-6-7-13(11)8-10-4-5-10/h10,12H,3-9H2,1-2H3. The predicted octanol–water partition coefficient (Wildman–Crippen LogP) is 1.47. The first-order valence-electron chi connectivity index (χ1n) is 5.70. The third kappa shape index (κ3) is 2.05. The van der Waals surface area contributed by atoms with Gasteiger partial charge in [0.25, 0.3) is 0 Å². The van der Waals surface area contributed by atoms with E-state index in [9.17, 15) is 0 Å². The van der Waals surface area contributed by atoms with E-state index in [-0.39, 0.29) is 0 Å². The Hall–Kier alpha value is -0.0800. The number of rotatable bonds is 3. The summed E-state index contributed by atoms with van der Waals surface area (Å²) in [6.07, 6.45) is 4.22. The lowest BCUT2D eigenvalue weighted by Gasteiger charge is -2.45. The molecule has 1 heterocycles. The smallest absolute Gasteiger partial charge is 0.0303 e. The highest BCUT2D eigenvalue weighted by molar-refractivity contribution is 4.93. The van der Waals surface area contributed by atoms with Gasteiger partial charge in [0.1, 0.15) is 0 Å². The molecule has 1 N–H and O–H groups in total. The van der Waals surface area contributed by atoms with Gasteiger partial charge in [0, 0.05) is 31.7 Å². The van der Waals surface area contributed by atoms with Gasteiger partial charge in [-0.3, -0.25) is 4.90 Å². The molecule has 1 unspecified atom stereocenters. The minimum atomic E-state index is 0.431. The molecule has 1 aliphatic carbocycles. The van der Waals surface area contributed by atoms with Crippen LogP contribution in [0.3, 0.4) is 0 Å². The summed E-state index contributed by atoms with van der Waals surface area (Å²) in [7, 11) is 0. The Morgan fingerprint density at radius 1 is 1.46 bits per heavy atom. The fraction of sp³-hybridized carbons (Fsp3) is 1.00. The minimum Gasteiger partial charge on any atom is -0.314 e. The zero-order chi connectivity index (χ0) is 9.31. The molecule has 2 aliphatic rings. The molecule has 0 aromatic carbocycles. The first kappa shape index (κ1) is 9.47. The molecular weight excluding hydrogens is 160 g/mol. The second kappa shape index (κ2) is 3.58. The quantitative estimate of drug-likeness (QED) is 0.711. The van der Waals surface area contributed by atoms with E-state index in [4.69, 9.17) is 0 Å². The maximum atomic E-state index is 3.51. The predicted molar refractivity (Wildman–Crippen MR) is 55.9 cm³/mol. The van der Waals surface area contributed by atoms with Crippen molar-refractivity contribution in [2.75, 3.05) is 26.2 Å². The van der Waals surface area contributed by atoms with Gasteiger partial charge in [0.05, 0.1) is 0 Å². The Morgan fingerprint density at radius 3 is 2.85 bits per heavy atom. The molecule has 2 nitrogen and oxygen atoms in total. The lowest BCUT2D eigenvalue weighted by molar-refractivity contribution is 0.0667. The molecular formula is C11H22N2. The van der Waals surface area contributed by atoms with Crippen LogP contribution in [0.2, 0.25) is 0 Å². The van der Waals surface area contributed by atoms with Gasteiger partial charge in [-0.15, -0.1) is 0 Å². The Kier molecular flexibility index (Phi) is 2.61. The van der Waals surface area contributed by atoms with Crippen LogP contribution in [-0.4, -0.2) is 36.6 Å². The summed E-state index contributed by atoms with van der Waals surface area (Å²) >= 11 is 0. The summed E-state index contributed by atoms with van der Waals surface area (Å²) in [5.74, 6) is 1.03. The maximum Gasteiger partial charge on any atom is 0.0303 e. The SMILES string of the molecule is CCC1(C)CNCCN1CC1CC1. The Bertz CT molecular complexity index is 177. The molecule has 1 saturated heterocycles. The van der Waals surface area contributed by atoms with Crippen LogP contribution < -0.4 is 5.32 Å². The van der Waals surface area contributed by atoms with Crippen LogP contribution in [0.5, 0.6) is 0 Å². The van der Waals surface area contributed by atoms with Crippen molar-refractivity contribution in [3.05, 3.63) is 0 Å². The Balaban J connectivity index is 1.94. The van der Waals surface area contributed by atoms with Gasteiger partial charge < -0.3 is 5.32 Å². The molecule has 0 amide bonds. The van der Waals surface area contributed by atoms with Crippen LogP contribution >= 0.6 is 0 Å². The van der Waals surface area contributed by atoms with Gasteiger partial charge in [-0.05, 0) is 32.1 Å². The minimum absolute atomic E-state index is 0.431. The number of hydrogen-bond acceptors (Lipinski definition) is 2. The second-order valence-corrected chi connectivity index (χ2v) is 4.92. The number of nitrogens with one attached hydrogen (secondary N) is 1. The van der Waals surface area contributed by atoms with Crippen LogP contribution in [0, 0.1) is 5.92 Å². The maximum absolute atomic E-state index is 3.51. The average molecular weight is 182 g/mol. The van der Waals surface area contributed by atoms with Crippen LogP contribution in [-0.2, 0) is 0 Å². The topological polar surface area (TPSA) is 15.3 Å². The second-order valence-electron chi connectivity index (χ2n) is 4.92. The Morgan fingerprint density at radius 2 is 2.23 bits per heavy atom. The molecule has 13 heavy (non-hydrogen) atoms. The third-order valence-electron chi connectivity index (χ3n) is 3.76. The first-order valence-corrected chi connectivity index (χ1v) is 5.70. The number of piperazine rings is 1. The molecule has 0 aromatic heterocycles. The van der Waals surface area contributed by atoms with Crippen molar-refractivity contribution in [3.8, 4) is 0 Å². The lowest BCUT2D eigenvalue weighted by atomic mass is 9.94. The highest BCUT2D eigenvalue weighted by Gasteiger charge is 2.35. The monoisotopic (exact) mass is 182 g/mol. The van der Waals surface area contributed by atoms with E-state index >= 15 is 0 Å². The average Bonchev–Trinajstić information content (AvgIpc) is 2.93. The number of nitrogens with zero attached hydrogens (tertiary/aromatic N) is 1. The van der Waals surface area contributed by atoms with E-state index in [0.717, 1.165) is 5.92 Å². The summed E-state index contributed by atoms with van der Waals surface area (Å²) in [4.78, 5) is 2.71. The molecule has 1 atom stereocenters. The van der Waals surface area contributed by atoms with Crippen molar-refractivity contribution in [2.45, 2.75) is 38.6 Å². The summed E-state index contributed by atoms with van der Waals surface area (Å²) in [6, 6.07) is 0. The summed E-state index contributed by atoms with van der Waals surface area (Å²) in [6.45, 7) is 9.68. The Labute approximate surface area is 81.7 Å². The fourth-order valence-corrected chi connectivity index (χ4v) is 2.23. The van der Waals surface area contributed by atoms with E-state index in [1.54, 1.807) is 0 Å². The van der Waals surface area contributed by atoms with Gasteiger partial charge in [0.2, 0.25) is 0 Å². The molecule has 2 fully saturated rings.